The van der Waals surface area contributed by atoms with Gasteiger partial charge in [-0.3, -0.25) is 4.79 Å². The van der Waals surface area contributed by atoms with Crippen molar-refractivity contribution in [3.05, 3.63) is 52.8 Å². The van der Waals surface area contributed by atoms with Crippen molar-refractivity contribution in [3.63, 3.8) is 0 Å². The Morgan fingerprint density at radius 3 is 2.75 bits per heavy atom. The van der Waals surface area contributed by atoms with Gasteiger partial charge in [0, 0.05) is 23.1 Å². The van der Waals surface area contributed by atoms with E-state index >= 15 is 0 Å². The summed E-state index contributed by atoms with van der Waals surface area (Å²) in [5.41, 5.74) is 5.19. The van der Waals surface area contributed by atoms with Crippen molar-refractivity contribution in [1.82, 2.24) is 15.2 Å². The Morgan fingerprint density at radius 1 is 1.25 bits per heavy atom. The van der Waals surface area contributed by atoms with E-state index in [4.69, 9.17) is 0 Å². The van der Waals surface area contributed by atoms with E-state index < -0.39 is 0 Å². The first-order valence-corrected chi connectivity index (χ1v) is 8.75. The molecule has 0 radical (unpaired) electrons. The van der Waals surface area contributed by atoms with E-state index in [1.165, 1.54) is 5.56 Å². The summed E-state index contributed by atoms with van der Waals surface area (Å²) in [5.74, 6) is 0.503. The molecule has 2 N–H and O–H groups in total. The number of aromatic nitrogens is 1. The molecule has 4 nitrogen and oxygen atoms in total. The minimum absolute atomic E-state index is 0.0424. The number of hydrogen-bond acceptors (Lipinski definition) is 2. The van der Waals surface area contributed by atoms with Gasteiger partial charge in [0.25, 0.3) is 5.91 Å². The van der Waals surface area contributed by atoms with Crippen LogP contribution in [0.2, 0.25) is 0 Å². The minimum Gasteiger partial charge on any atom is -0.349 e. The van der Waals surface area contributed by atoms with Gasteiger partial charge < -0.3 is 15.2 Å². The van der Waals surface area contributed by atoms with Crippen LogP contribution >= 0.6 is 0 Å². The average Bonchev–Trinajstić information content (AvgIpc) is 2.84. The fourth-order valence-corrected chi connectivity index (χ4v) is 3.63. The van der Waals surface area contributed by atoms with Crippen molar-refractivity contribution in [2.24, 2.45) is 5.92 Å². The molecule has 0 bridgehead atoms. The molecular weight excluding hydrogens is 298 g/mol. The predicted molar refractivity (Wildman–Crippen MR) is 97.9 cm³/mol. The molecule has 24 heavy (non-hydrogen) atoms. The Hall–Kier alpha value is -2.07. The molecule has 1 aromatic carbocycles. The van der Waals surface area contributed by atoms with Crippen molar-refractivity contribution < 1.29 is 4.79 Å². The quantitative estimate of drug-likeness (QED) is 0.911. The second-order valence-electron chi connectivity index (χ2n) is 7.01. The van der Waals surface area contributed by atoms with E-state index in [9.17, 15) is 4.79 Å². The van der Waals surface area contributed by atoms with Crippen LogP contribution in [0.25, 0.3) is 5.69 Å². The van der Waals surface area contributed by atoms with Gasteiger partial charge in [-0.1, -0.05) is 19.1 Å². The second kappa shape index (κ2) is 6.81. The first-order valence-electron chi connectivity index (χ1n) is 8.75. The molecule has 1 saturated heterocycles. The number of hydrogen-bond donors (Lipinski definition) is 2. The van der Waals surface area contributed by atoms with Gasteiger partial charge in [0.2, 0.25) is 0 Å². The Morgan fingerprint density at radius 2 is 2.04 bits per heavy atom. The van der Waals surface area contributed by atoms with Gasteiger partial charge in [0.05, 0.1) is 5.56 Å². The molecule has 1 fully saturated rings. The lowest BCUT2D eigenvalue weighted by Crippen LogP contribution is -2.48. The van der Waals surface area contributed by atoms with E-state index in [2.05, 4.69) is 60.2 Å². The molecule has 1 aliphatic rings. The highest BCUT2D eigenvalue weighted by molar-refractivity contribution is 5.96. The van der Waals surface area contributed by atoms with Gasteiger partial charge in [0.1, 0.15) is 0 Å². The van der Waals surface area contributed by atoms with Crippen LogP contribution in [0.1, 0.15) is 40.7 Å². The predicted octanol–water partition coefficient (Wildman–Crippen LogP) is 3.13. The fraction of sp³-hybridized carbons (Fsp3) is 0.450. The van der Waals surface area contributed by atoms with E-state index in [1.54, 1.807) is 0 Å². The topological polar surface area (TPSA) is 46.1 Å². The molecule has 2 atom stereocenters. The molecule has 3 rings (SSSR count). The lowest BCUT2D eigenvalue weighted by molar-refractivity contribution is 0.0913. The Balaban J connectivity index is 1.87. The standard InChI is InChI=1S/C20H27N3O/c1-13-6-5-7-17(10-13)23-15(3)11-18(16(23)4)20(24)22-19-8-9-21-12-14(19)2/h5-7,10-11,14,19,21H,8-9,12H2,1-4H3,(H,22,24). The van der Waals surface area contributed by atoms with Crippen molar-refractivity contribution in [2.75, 3.05) is 13.1 Å². The maximum atomic E-state index is 12.8. The van der Waals surface area contributed by atoms with Crippen LogP contribution in [-0.2, 0) is 0 Å². The molecule has 2 heterocycles. The van der Waals surface area contributed by atoms with Gasteiger partial charge in [-0.2, -0.15) is 0 Å². The second-order valence-corrected chi connectivity index (χ2v) is 7.01. The summed E-state index contributed by atoms with van der Waals surface area (Å²) in [6.07, 6.45) is 0.990. The first kappa shape index (κ1) is 16.8. The highest BCUT2D eigenvalue weighted by Gasteiger charge is 2.25. The van der Waals surface area contributed by atoms with Gasteiger partial charge >= 0.3 is 0 Å². The molecule has 4 heteroatoms. The lowest BCUT2D eigenvalue weighted by atomic mass is 9.95. The summed E-state index contributed by atoms with van der Waals surface area (Å²) in [4.78, 5) is 12.8. The summed E-state index contributed by atoms with van der Waals surface area (Å²) in [5, 5.41) is 6.61. The highest BCUT2D eigenvalue weighted by atomic mass is 16.1. The van der Waals surface area contributed by atoms with Gasteiger partial charge in [-0.25, -0.2) is 0 Å². The third-order valence-corrected chi connectivity index (χ3v) is 5.04. The molecule has 0 aliphatic carbocycles. The minimum atomic E-state index is 0.0424. The normalized spacial score (nSPS) is 20.8. The first-order chi connectivity index (χ1) is 11.5. The molecular formula is C20H27N3O. The van der Waals surface area contributed by atoms with Crippen molar-refractivity contribution in [2.45, 2.75) is 40.2 Å². The summed E-state index contributed by atoms with van der Waals surface area (Å²) in [6.45, 7) is 10.3. The molecule has 1 amide bonds. The summed E-state index contributed by atoms with van der Waals surface area (Å²) in [7, 11) is 0. The number of rotatable bonds is 3. The summed E-state index contributed by atoms with van der Waals surface area (Å²) < 4.78 is 2.16. The van der Waals surface area contributed by atoms with Gasteiger partial charge in [0.15, 0.2) is 0 Å². The summed E-state index contributed by atoms with van der Waals surface area (Å²) in [6, 6.07) is 10.6. The largest absolute Gasteiger partial charge is 0.349 e. The summed E-state index contributed by atoms with van der Waals surface area (Å²) >= 11 is 0. The molecule has 0 saturated carbocycles. The van der Waals surface area contributed by atoms with Crippen LogP contribution in [0.15, 0.2) is 30.3 Å². The van der Waals surface area contributed by atoms with Crippen LogP contribution in [0, 0.1) is 26.7 Å². The SMILES string of the molecule is Cc1cccc(-n2c(C)cc(C(=O)NC3CCNCC3C)c2C)c1. The van der Waals surface area contributed by atoms with Crippen LogP contribution in [-0.4, -0.2) is 29.6 Å². The van der Waals surface area contributed by atoms with Crippen LogP contribution in [0.3, 0.4) is 0 Å². The smallest absolute Gasteiger partial charge is 0.253 e. The highest BCUT2D eigenvalue weighted by Crippen LogP contribution is 2.22. The number of nitrogens with zero attached hydrogens (tertiary/aromatic N) is 1. The Bertz CT molecular complexity index is 747. The molecule has 128 valence electrons. The molecule has 1 aliphatic heterocycles. The Kier molecular flexibility index (Phi) is 4.76. The third-order valence-electron chi connectivity index (χ3n) is 5.04. The van der Waals surface area contributed by atoms with Crippen LogP contribution in [0.5, 0.6) is 0 Å². The zero-order chi connectivity index (χ0) is 17.3. The maximum absolute atomic E-state index is 12.8. The Labute approximate surface area is 144 Å². The number of nitrogens with one attached hydrogen (secondary N) is 2. The third kappa shape index (κ3) is 3.24. The van der Waals surface area contributed by atoms with Crippen LogP contribution in [0.4, 0.5) is 0 Å². The van der Waals surface area contributed by atoms with Gasteiger partial charge in [-0.05, 0) is 70.0 Å². The molecule has 2 unspecified atom stereocenters. The van der Waals surface area contributed by atoms with E-state index in [0.29, 0.717) is 5.92 Å². The van der Waals surface area contributed by atoms with Gasteiger partial charge in [-0.15, -0.1) is 0 Å². The van der Waals surface area contributed by atoms with Crippen LogP contribution < -0.4 is 10.6 Å². The number of amides is 1. The molecule has 0 spiro atoms. The molecule has 2 aromatic rings. The fourth-order valence-electron chi connectivity index (χ4n) is 3.63. The zero-order valence-corrected chi connectivity index (χ0v) is 15.0. The van der Waals surface area contributed by atoms with Crippen molar-refractivity contribution in [1.29, 1.82) is 0 Å². The molecule has 1 aromatic heterocycles. The zero-order valence-electron chi connectivity index (χ0n) is 15.0. The number of carbonyl (C=O) groups is 1. The lowest BCUT2D eigenvalue weighted by Gasteiger charge is -2.30. The van der Waals surface area contributed by atoms with E-state index in [1.807, 2.05) is 13.0 Å². The van der Waals surface area contributed by atoms with Crippen molar-refractivity contribution >= 4 is 5.91 Å². The number of aryl methyl sites for hydroxylation is 2. The number of carbonyl (C=O) groups excluding carboxylic acids is 1. The number of benzene rings is 1. The monoisotopic (exact) mass is 325 g/mol. The van der Waals surface area contributed by atoms with E-state index in [-0.39, 0.29) is 11.9 Å². The maximum Gasteiger partial charge on any atom is 0.253 e. The number of piperidine rings is 1. The average molecular weight is 325 g/mol. The van der Waals surface area contributed by atoms with E-state index in [0.717, 1.165) is 42.1 Å². The van der Waals surface area contributed by atoms with Crippen molar-refractivity contribution in [3.8, 4) is 5.69 Å².